The van der Waals surface area contributed by atoms with E-state index in [-0.39, 0.29) is 41.6 Å². The molecule has 0 radical (unpaired) electrons. The van der Waals surface area contributed by atoms with E-state index in [2.05, 4.69) is 38.3 Å². The molecule has 234 valence electrons. The lowest BCUT2D eigenvalue weighted by atomic mass is 9.87. The Morgan fingerprint density at radius 3 is 2.40 bits per heavy atom. The van der Waals surface area contributed by atoms with Gasteiger partial charge < -0.3 is 29.9 Å². The maximum absolute atomic E-state index is 14.1. The van der Waals surface area contributed by atoms with Gasteiger partial charge in [-0.15, -0.1) is 0 Å². The number of benzene rings is 1. The molecule has 42 heavy (non-hydrogen) atoms. The van der Waals surface area contributed by atoms with Crippen molar-refractivity contribution in [2.24, 2.45) is 23.7 Å². The van der Waals surface area contributed by atoms with Crippen molar-refractivity contribution in [3.8, 4) is 5.75 Å². The van der Waals surface area contributed by atoms with E-state index in [0.717, 1.165) is 31.4 Å². The van der Waals surface area contributed by atoms with Crippen molar-refractivity contribution in [2.75, 3.05) is 43.2 Å². The van der Waals surface area contributed by atoms with Crippen LogP contribution < -0.4 is 25.2 Å². The van der Waals surface area contributed by atoms with Gasteiger partial charge in [0.2, 0.25) is 11.8 Å². The van der Waals surface area contributed by atoms with Gasteiger partial charge in [-0.25, -0.2) is 0 Å². The number of carbonyl (C=O) groups is 3. The van der Waals surface area contributed by atoms with E-state index in [1.807, 2.05) is 23.1 Å². The normalized spacial score (nSPS) is 21.9. The summed E-state index contributed by atoms with van der Waals surface area (Å²) in [5.74, 6) is 1.07. The van der Waals surface area contributed by atoms with Crippen molar-refractivity contribution in [2.45, 2.75) is 97.8 Å². The first-order valence-electron chi connectivity index (χ1n) is 15.9. The maximum atomic E-state index is 14.1. The Balaban J connectivity index is 1.52. The highest BCUT2D eigenvalue weighted by atomic mass is 16.5. The Hall–Kier alpha value is -2.65. The molecule has 9 heteroatoms. The molecular weight excluding hydrogens is 532 g/mol. The van der Waals surface area contributed by atoms with Crippen molar-refractivity contribution >= 4 is 29.1 Å². The number of hydrogen-bond donors (Lipinski definition) is 2. The summed E-state index contributed by atoms with van der Waals surface area (Å²) in [6.45, 7) is 14.5. The van der Waals surface area contributed by atoms with Crippen LogP contribution in [0, 0.1) is 23.7 Å². The number of rotatable bonds is 13. The Kier molecular flexibility index (Phi) is 10.6. The van der Waals surface area contributed by atoms with Crippen LogP contribution in [0.3, 0.4) is 0 Å². The second kappa shape index (κ2) is 13.8. The highest BCUT2D eigenvalue weighted by molar-refractivity contribution is 6.04. The van der Waals surface area contributed by atoms with Gasteiger partial charge in [0, 0.05) is 51.1 Å². The van der Waals surface area contributed by atoms with Crippen LogP contribution in [0.15, 0.2) is 18.2 Å². The molecule has 3 amide bonds. The minimum atomic E-state index is -0.972. The van der Waals surface area contributed by atoms with E-state index < -0.39 is 5.60 Å². The molecule has 2 aliphatic heterocycles. The van der Waals surface area contributed by atoms with Gasteiger partial charge >= 0.3 is 0 Å². The quantitative estimate of drug-likeness (QED) is 0.331. The Morgan fingerprint density at radius 2 is 1.79 bits per heavy atom. The highest BCUT2D eigenvalue weighted by Crippen LogP contribution is 2.43. The first-order valence-corrected chi connectivity index (χ1v) is 15.9. The van der Waals surface area contributed by atoms with Crippen LogP contribution in [0.25, 0.3) is 0 Å². The molecule has 1 aromatic rings. The third-order valence-corrected chi connectivity index (χ3v) is 8.45. The summed E-state index contributed by atoms with van der Waals surface area (Å²) in [6, 6.07) is 6.01. The fraction of sp³-hybridized carbons (Fsp3) is 0.727. The summed E-state index contributed by atoms with van der Waals surface area (Å²) < 4.78 is 11.3. The minimum Gasteiger partial charge on any atom is -0.476 e. The number of piperidine rings is 1. The lowest BCUT2D eigenvalue weighted by molar-refractivity contribution is -0.132. The first kappa shape index (κ1) is 32.3. The third kappa shape index (κ3) is 7.84. The molecule has 9 nitrogen and oxygen atoms in total. The van der Waals surface area contributed by atoms with Gasteiger partial charge in [-0.3, -0.25) is 14.4 Å². The number of hydrogen-bond acceptors (Lipinski definition) is 6. The van der Waals surface area contributed by atoms with Crippen LogP contribution in [-0.4, -0.2) is 68.8 Å². The van der Waals surface area contributed by atoms with Crippen LogP contribution in [-0.2, 0) is 19.1 Å². The van der Waals surface area contributed by atoms with E-state index in [4.69, 9.17) is 9.47 Å². The molecule has 2 heterocycles. The molecule has 1 aliphatic carbocycles. The molecule has 0 bridgehead atoms. The topological polar surface area (TPSA) is 100 Å². The molecule has 3 aliphatic rings. The van der Waals surface area contributed by atoms with Gasteiger partial charge in [0.15, 0.2) is 5.60 Å². The predicted octanol–water partition coefficient (Wildman–Crippen LogP) is 4.53. The number of nitrogens with one attached hydrogen (secondary N) is 2. The number of methoxy groups -OCH3 is 1. The number of fused-ring (bicyclic) bond motifs is 1. The van der Waals surface area contributed by atoms with E-state index in [1.165, 1.54) is 0 Å². The average Bonchev–Trinajstić information content (AvgIpc) is 3.75. The SMILES string of the molecule is COCCCN1C(=O)C(C)(C)Oc2ccc(N(C(=O)[C@H]3CNC[C@@H](C(=O)NC(CC(C)C)CC(C)C)C3)C3CC3)cc21. The maximum Gasteiger partial charge on any atom is 0.270 e. The largest absolute Gasteiger partial charge is 0.476 e. The van der Waals surface area contributed by atoms with Crippen molar-refractivity contribution < 1.29 is 23.9 Å². The number of ether oxygens (including phenoxy) is 2. The summed E-state index contributed by atoms with van der Waals surface area (Å²) in [5, 5.41) is 6.69. The summed E-state index contributed by atoms with van der Waals surface area (Å²) in [6.07, 6.45) is 5.01. The van der Waals surface area contributed by atoms with E-state index in [1.54, 1.807) is 25.9 Å². The molecule has 4 rings (SSSR count). The van der Waals surface area contributed by atoms with Crippen molar-refractivity contribution in [1.82, 2.24) is 10.6 Å². The molecule has 2 atom stereocenters. The highest BCUT2D eigenvalue weighted by Gasteiger charge is 2.43. The van der Waals surface area contributed by atoms with Gasteiger partial charge in [-0.05, 0) is 82.4 Å². The van der Waals surface area contributed by atoms with Crippen molar-refractivity contribution in [3.63, 3.8) is 0 Å². The molecule has 1 saturated heterocycles. The van der Waals surface area contributed by atoms with Crippen LogP contribution in [0.5, 0.6) is 5.75 Å². The predicted molar refractivity (Wildman–Crippen MR) is 166 cm³/mol. The first-order chi connectivity index (χ1) is 19.9. The second-order valence-corrected chi connectivity index (χ2v) is 13.8. The molecule has 0 unspecified atom stereocenters. The smallest absolute Gasteiger partial charge is 0.270 e. The zero-order valence-electron chi connectivity index (χ0n) is 26.7. The molecular formula is C33H52N4O5. The summed E-state index contributed by atoms with van der Waals surface area (Å²) in [7, 11) is 1.65. The van der Waals surface area contributed by atoms with Crippen molar-refractivity contribution in [3.05, 3.63) is 18.2 Å². The van der Waals surface area contributed by atoms with Gasteiger partial charge in [0.05, 0.1) is 17.5 Å². The zero-order valence-corrected chi connectivity index (χ0v) is 26.7. The minimum absolute atomic E-state index is 0.0395. The zero-order chi connectivity index (χ0) is 30.6. The average molecular weight is 585 g/mol. The summed E-state index contributed by atoms with van der Waals surface area (Å²) in [5.41, 5.74) is 0.488. The van der Waals surface area contributed by atoms with Gasteiger partial charge in [0.1, 0.15) is 5.75 Å². The molecule has 0 spiro atoms. The fourth-order valence-electron chi connectivity index (χ4n) is 6.34. The van der Waals surface area contributed by atoms with Gasteiger partial charge in [0.25, 0.3) is 5.91 Å². The number of anilines is 2. The molecule has 2 fully saturated rings. The molecule has 1 aromatic carbocycles. The summed E-state index contributed by atoms with van der Waals surface area (Å²) in [4.78, 5) is 44.5. The monoisotopic (exact) mass is 584 g/mol. The second-order valence-electron chi connectivity index (χ2n) is 13.8. The summed E-state index contributed by atoms with van der Waals surface area (Å²) >= 11 is 0. The number of nitrogens with zero attached hydrogens (tertiary/aromatic N) is 2. The fourth-order valence-corrected chi connectivity index (χ4v) is 6.34. The van der Waals surface area contributed by atoms with Crippen LogP contribution in [0.4, 0.5) is 11.4 Å². The molecule has 0 aromatic heterocycles. The van der Waals surface area contributed by atoms with Crippen molar-refractivity contribution in [1.29, 1.82) is 0 Å². The number of carbonyl (C=O) groups excluding carboxylic acids is 3. The number of amides is 3. The molecule has 1 saturated carbocycles. The molecule has 2 N–H and O–H groups in total. The Labute approximate surface area is 252 Å². The van der Waals surface area contributed by atoms with Gasteiger partial charge in [-0.1, -0.05) is 27.7 Å². The van der Waals surface area contributed by atoms with Crippen LogP contribution in [0.1, 0.15) is 80.1 Å². The van der Waals surface area contributed by atoms with Crippen LogP contribution >= 0.6 is 0 Å². The Morgan fingerprint density at radius 1 is 1.12 bits per heavy atom. The third-order valence-electron chi connectivity index (χ3n) is 8.45. The van der Waals surface area contributed by atoms with E-state index in [9.17, 15) is 14.4 Å². The lowest BCUT2D eigenvalue weighted by Crippen LogP contribution is -2.53. The Bertz CT molecular complexity index is 1110. The van der Waals surface area contributed by atoms with E-state index in [0.29, 0.717) is 62.4 Å². The standard InChI is InChI=1S/C33H52N4O5/c1-21(2)15-25(16-22(3)4)35-30(38)23-17-24(20-34-19-23)31(39)37(26-9-10-26)27-11-12-29-28(18-27)36(13-8-14-41-7)32(40)33(5,6)42-29/h11-12,18,21-26,34H,8-10,13-17,19-20H2,1-7H3,(H,35,38)/t23-,24+/m0/s1. The van der Waals surface area contributed by atoms with Gasteiger partial charge in [-0.2, -0.15) is 0 Å². The van der Waals surface area contributed by atoms with Crippen LogP contribution in [0.2, 0.25) is 0 Å². The van der Waals surface area contributed by atoms with E-state index >= 15 is 0 Å². The lowest BCUT2D eigenvalue weighted by Gasteiger charge is -2.40.